The number of unbranched alkanes of at least 4 members (excludes halogenated alkanes) is 2. The summed E-state index contributed by atoms with van der Waals surface area (Å²) >= 11 is 0. The molecule has 0 radical (unpaired) electrons. The molecule has 0 spiro atoms. The van der Waals surface area contributed by atoms with Crippen molar-refractivity contribution in [3.05, 3.63) is 40.3 Å². The van der Waals surface area contributed by atoms with Crippen molar-refractivity contribution < 1.29 is 9.59 Å². The third-order valence-corrected chi connectivity index (χ3v) is 5.60. The van der Waals surface area contributed by atoms with Crippen LogP contribution in [0.1, 0.15) is 69.3 Å². The lowest BCUT2D eigenvalue weighted by molar-refractivity contribution is -0.130. The van der Waals surface area contributed by atoms with E-state index in [9.17, 15) is 14.4 Å². The molecule has 2 aromatic rings. The van der Waals surface area contributed by atoms with Crippen LogP contribution in [-0.4, -0.2) is 21.6 Å². The number of nitrogens with one attached hydrogen (secondary N) is 2. The molecule has 150 valence electrons. The molecule has 7 heteroatoms. The Hall–Kier alpha value is -2.70. The Balaban J connectivity index is 1.84. The molecular formula is C21H28N4O3. The molecule has 3 rings (SSSR count). The lowest BCUT2D eigenvalue weighted by Crippen LogP contribution is -2.48. The highest BCUT2D eigenvalue weighted by Crippen LogP contribution is 2.37. The maximum absolute atomic E-state index is 12.8. The Kier molecular flexibility index (Phi) is 6.11. The number of benzene rings is 1. The second-order valence-electron chi connectivity index (χ2n) is 7.81. The van der Waals surface area contributed by atoms with Crippen molar-refractivity contribution in [3.63, 3.8) is 0 Å². The number of carbonyl (C=O) groups excluding carboxylic acids is 2. The Labute approximate surface area is 164 Å². The fraction of sp³-hybridized carbons (Fsp3) is 0.524. The minimum atomic E-state index is -0.518. The van der Waals surface area contributed by atoms with Gasteiger partial charge in [0.1, 0.15) is 0 Å². The summed E-state index contributed by atoms with van der Waals surface area (Å²) in [7, 11) is 0. The molecule has 0 atom stereocenters. The van der Waals surface area contributed by atoms with Crippen molar-refractivity contribution >= 4 is 22.6 Å². The summed E-state index contributed by atoms with van der Waals surface area (Å²) in [6, 6.07) is 6.93. The first-order chi connectivity index (χ1) is 13.5. The summed E-state index contributed by atoms with van der Waals surface area (Å²) < 4.78 is 1.35. The average molecular weight is 384 g/mol. The molecule has 28 heavy (non-hydrogen) atoms. The molecular weight excluding hydrogens is 356 g/mol. The zero-order valence-electron chi connectivity index (χ0n) is 16.6. The molecule has 1 saturated carbocycles. The molecule has 1 heterocycles. The van der Waals surface area contributed by atoms with E-state index >= 15 is 0 Å². The number of hydrogen-bond acceptors (Lipinski definition) is 4. The van der Waals surface area contributed by atoms with Crippen LogP contribution in [0.15, 0.2) is 29.1 Å². The second-order valence-corrected chi connectivity index (χ2v) is 7.81. The summed E-state index contributed by atoms with van der Waals surface area (Å²) in [5.74, 6) is -0.700. The molecule has 1 aliphatic rings. The van der Waals surface area contributed by atoms with Gasteiger partial charge < -0.3 is 0 Å². The van der Waals surface area contributed by atoms with Gasteiger partial charge in [0.2, 0.25) is 5.91 Å². The quantitative estimate of drug-likeness (QED) is 0.591. The van der Waals surface area contributed by atoms with Crippen molar-refractivity contribution in [2.24, 2.45) is 5.41 Å². The Morgan fingerprint density at radius 1 is 1.11 bits per heavy atom. The fourth-order valence-electron chi connectivity index (χ4n) is 3.77. The smallest absolute Gasteiger partial charge is 0.273 e. The second kappa shape index (κ2) is 8.54. The van der Waals surface area contributed by atoms with Gasteiger partial charge in [0.25, 0.3) is 11.5 Å². The molecule has 0 saturated heterocycles. The minimum Gasteiger partial charge on any atom is -0.273 e. The summed E-state index contributed by atoms with van der Waals surface area (Å²) in [5, 5.41) is 5.24. The molecule has 0 unspecified atom stereocenters. The van der Waals surface area contributed by atoms with Crippen LogP contribution >= 0.6 is 0 Å². The van der Waals surface area contributed by atoms with E-state index in [1.165, 1.54) is 4.68 Å². The number of hydrogen-bond donors (Lipinski definition) is 2. The molecule has 2 amide bonds. The van der Waals surface area contributed by atoms with Gasteiger partial charge in [-0.25, -0.2) is 4.68 Å². The van der Waals surface area contributed by atoms with E-state index in [2.05, 4.69) is 22.9 Å². The van der Waals surface area contributed by atoms with E-state index in [-0.39, 0.29) is 17.2 Å². The normalized spacial score (nSPS) is 15.5. The van der Waals surface area contributed by atoms with Gasteiger partial charge in [-0.1, -0.05) is 57.7 Å². The molecule has 1 aromatic heterocycles. The van der Waals surface area contributed by atoms with E-state index in [1.54, 1.807) is 24.3 Å². The Morgan fingerprint density at radius 3 is 2.46 bits per heavy atom. The SMILES string of the molecule is CCCCCn1nc(C(=O)NNC(=O)C2(C)CCCC2)c2ccccc2c1=O. The molecule has 2 N–H and O–H groups in total. The summed E-state index contributed by atoms with van der Waals surface area (Å²) in [5.41, 5.74) is 4.54. The number of rotatable bonds is 6. The number of aryl methyl sites for hydroxylation is 1. The summed E-state index contributed by atoms with van der Waals surface area (Å²) in [6.07, 6.45) is 6.51. The van der Waals surface area contributed by atoms with Gasteiger partial charge >= 0.3 is 0 Å². The molecule has 0 bridgehead atoms. The number of amides is 2. The largest absolute Gasteiger partial charge is 0.290 e. The van der Waals surface area contributed by atoms with Gasteiger partial charge in [-0.05, 0) is 25.3 Å². The van der Waals surface area contributed by atoms with E-state index in [0.29, 0.717) is 17.3 Å². The van der Waals surface area contributed by atoms with Crippen LogP contribution in [0, 0.1) is 5.41 Å². The fourth-order valence-corrected chi connectivity index (χ4v) is 3.77. The van der Waals surface area contributed by atoms with Crippen LogP contribution in [-0.2, 0) is 11.3 Å². The molecule has 1 aliphatic carbocycles. The third kappa shape index (κ3) is 4.08. The van der Waals surface area contributed by atoms with Gasteiger partial charge in [-0.2, -0.15) is 5.10 Å². The summed E-state index contributed by atoms with van der Waals surface area (Å²) in [6.45, 7) is 4.47. The van der Waals surface area contributed by atoms with E-state index < -0.39 is 11.3 Å². The standard InChI is InChI=1S/C21H28N4O3/c1-3-4-9-14-25-19(27)16-11-6-5-10-15(16)17(24-25)18(26)22-23-20(28)21(2)12-7-8-13-21/h5-6,10-11H,3-4,7-9,12-14H2,1-2H3,(H,22,26)(H,23,28). The van der Waals surface area contributed by atoms with Gasteiger partial charge in [-0.3, -0.25) is 25.2 Å². The van der Waals surface area contributed by atoms with Crippen molar-refractivity contribution in [1.29, 1.82) is 0 Å². The van der Waals surface area contributed by atoms with Crippen LogP contribution in [0.3, 0.4) is 0 Å². The highest BCUT2D eigenvalue weighted by atomic mass is 16.2. The van der Waals surface area contributed by atoms with Crippen molar-refractivity contribution in [2.45, 2.75) is 65.3 Å². The third-order valence-electron chi connectivity index (χ3n) is 5.60. The number of nitrogens with zero attached hydrogens (tertiary/aromatic N) is 2. The van der Waals surface area contributed by atoms with Gasteiger partial charge in [0.15, 0.2) is 5.69 Å². The van der Waals surface area contributed by atoms with E-state index in [4.69, 9.17) is 0 Å². The molecule has 0 aliphatic heterocycles. The predicted octanol–water partition coefficient (Wildman–Crippen LogP) is 2.93. The van der Waals surface area contributed by atoms with Gasteiger partial charge in [0.05, 0.1) is 5.39 Å². The zero-order valence-corrected chi connectivity index (χ0v) is 16.6. The number of fused-ring (bicyclic) bond motifs is 1. The number of hydrazine groups is 1. The van der Waals surface area contributed by atoms with Crippen LogP contribution in [0.2, 0.25) is 0 Å². The minimum absolute atomic E-state index is 0.142. The highest BCUT2D eigenvalue weighted by molar-refractivity contribution is 6.05. The topological polar surface area (TPSA) is 93.1 Å². The first-order valence-electron chi connectivity index (χ1n) is 10.1. The molecule has 7 nitrogen and oxygen atoms in total. The maximum atomic E-state index is 12.8. The van der Waals surface area contributed by atoms with Crippen LogP contribution in [0.25, 0.3) is 10.8 Å². The Bertz CT molecular complexity index is 929. The lowest BCUT2D eigenvalue weighted by atomic mass is 9.88. The molecule has 1 aromatic carbocycles. The zero-order chi connectivity index (χ0) is 20.1. The number of carbonyl (C=O) groups is 2. The van der Waals surface area contributed by atoms with Crippen molar-refractivity contribution in [3.8, 4) is 0 Å². The van der Waals surface area contributed by atoms with E-state index in [1.807, 2.05) is 6.92 Å². The highest BCUT2D eigenvalue weighted by Gasteiger charge is 2.36. The van der Waals surface area contributed by atoms with E-state index in [0.717, 1.165) is 44.9 Å². The monoisotopic (exact) mass is 384 g/mol. The van der Waals surface area contributed by atoms with Crippen LogP contribution in [0.5, 0.6) is 0 Å². The van der Waals surface area contributed by atoms with Crippen molar-refractivity contribution in [1.82, 2.24) is 20.6 Å². The predicted molar refractivity (Wildman–Crippen MR) is 108 cm³/mol. The summed E-state index contributed by atoms with van der Waals surface area (Å²) in [4.78, 5) is 37.9. The first-order valence-corrected chi connectivity index (χ1v) is 10.1. The van der Waals surface area contributed by atoms with Crippen LogP contribution < -0.4 is 16.4 Å². The molecule has 1 fully saturated rings. The Morgan fingerprint density at radius 2 is 1.79 bits per heavy atom. The van der Waals surface area contributed by atoms with Gasteiger partial charge in [-0.15, -0.1) is 0 Å². The maximum Gasteiger partial charge on any atom is 0.290 e. The van der Waals surface area contributed by atoms with Gasteiger partial charge in [0, 0.05) is 17.3 Å². The first kappa shape index (κ1) is 20.0. The van der Waals surface area contributed by atoms with Crippen LogP contribution in [0.4, 0.5) is 0 Å². The average Bonchev–Trinajstić information content (AvgIpc) is 3.15. The number of aromatic nitrogens is 2. The van der Waals surface area contributed by atoms with Crippen molar-refractivity contribution in [2.75, 3.05) is 0 Å². The lowest BCUT2D eigenvalue weighted by Gasteiger charge is -2.22.